The minimum atomic E-state index is 0.135. The van der Waals surface area contributed by atoms with Gasteiger partial charge < -0.3 is 4.74 Å². The van der Waals surface area contributed by atoms with Gasteiger partial charge in [0.1, 0.15) is 6.29 Å². The molecule has 1 heterocycles. The molecule has 320 valence electrons. The Morgan fingerprint density at radius 1 is 0.508 bits per heavy atom. The van der Waals surface area contributed by atoms with Crippen molar-refractivity contribution in [3.63, 3.8) is 0 Å². The summed E-state index contributed by atoms with van der Waals surface area (Å²) in [5.74, 6) is 1.74. The van der Waals surface area contributed by atoms with Crippen LogP contribution in [-0.4, -0.2) is 12.4 Å². The first-order valence-corrected chi connectivity index (χ1v) is 22.0. The molecule has 1 aliphatic heterocycles. The van der Waals surface area contributed by atoms with E-state index in [-0.39, 0.29) is 12.2 Å². The van der Waals surface area contributed by atoms with Crippen molar-refractivity contribution >= 4 is 6.29 Å². The number of benzene rings is 5. The van der Waals surface area contributed by atoms with Crippen molar-refractivity contribution in [2.75, 3.05) is 0 Å². The van der Waals surface area contributed by atoms with E-state index in [9.17, 15) is 4.79 Å². The average Bonchev–Trinajstić information content (AvgIpc) is 3.32. The lowest BCUT2D eigenvalue weighted by Crippen LogP contribution is -2.33. The highest BCUT2D eigenvalue weighted by Gasteiger charge is 2.35. The first kappa shape index (κ1) is 49.8. The Bertz CT molecular complexity index is 2080. The van der Waals surface area contributed by atoms with Gasteiger partial charge >= 0.3 is 0 Å². The SMILES string of the molecule is C/C=C(C)/C(C)=C/C(C)c1ccccc1.C/C=C(C)/C(C)=C/C(C)c1ccccc1.CC1=C(C)[C@H](C)C(c2ccccc2)OC1C(C)c1ccccc1.O=Cc1ccccc1. The lowest BCUT2D eigenvalue weighted by atomic mass is 9.80. The van der Waals surface area contributed by atoms with Crippen molar-refractivity contribution in [1.82, 2.24) is 0 Å². The molecule has 0 spiro atoms. The van der Waals surface area contributed by atoms with Gasteiger partial charge in [-0.2, -0.15) is 0 Å². The first-order chi connectivity index (χ1) is 29.3. The fourth-order valence-corrected chi connectivity index (χ4v) is 7.33. The molecular weight excluding hydrogens is 741 g/mol. The molecule has 0 fully saturated rings. The second-order valence-corrected chi connectivity index (χ2v) is 16.3. The molecule has 6 rings (SSSR count). The number of hydrogen-bond donors (Lipinski definition) is 0. The van der Waals surface area contributed by atoms with Crippen LogP contribution in [0, 0.1) is 5.92 Å². The first-order valence-electron chi connectivity index (χ1n) is 22.0. The zero-order chi connectivity index (χ0) is 44.7. The summed E-state index contributed by atoms with van der Waals surface area (Å²) in [5, 5.41) is 0. The van der Waals surface area contributed by atoms with Gasteiger partial charge in [-0.05, 0) is 95.1 Å². The maximum absolute atomic E-state index is 10.0. The molecule has 0 saturated carbocycles. The smallest absolute Gasteiger partial charge is 0.150 e. The van der Waals surface area contributed by atoms with Gasteiger partial charge in [0.25, 0.3) is 0 Å². The van der Waals surface area contributed by atoms with Gasteiger partial charge in [-0.15, -0.1) is 0 Å². The van der Waals surface area contributed by atoms with Gasteiger partial charge in [-0.3, -0.25) is 4.79 Å². The van der Waals surface area contributed by atoms with Crippen LogP contribution < -0.4 is 0 Å². The van der Waals surface area contributed by atoms with Crippen molar-refractivity contribution in [2.24, 2.45) is 5.92 Å². The van der Waals surface area contributed by atoms with E-state index < -0.39 is 0 Å². The minimum absolute atomic E-state index is 0.135. The zero-order valence-electron chi connectivity index (χ0n) is 39.1. The maximum Gasteiger partial charge on any atom is 0.150 e. The van der Waals surface area contributed by atoms with E-state index in [4.69, 9.17) is 4.74 Å². The van der Waals surface area contributed by atoms with Crippen LogP contribution in [0.3, 0.4) is 0 Å². The van der Waals surface area contributed by atoms with Crippen LogP contribution in [0.15, 0.2) is 209 Å². The second-order valence-electron chi connectivity index (χ2n) is 16.3. The number of allylic oxidation sites excluding steroid dienone is 8. The van der Waals surface area contributed by atoms with Crippen molar-refractivity contribution in [3.8, 4) is 0 Å². The lowest BCUT2D eigenvalue weighted by Gasteiger charge is -2.40. The number of carbonyl (C=O) groups is 1. The van der Waals surface area contributed by atoms with E-state index >= 15 is 0 Å². The van der Waals surface area contributed by atoms with E-state index in [0.717, 1.165) is 11.8 Å². The Hall–Kier alpha value is -5.57. The van der Waals surface area contributed by atoms with Gasteiger partial charge in [0.15, 0.2) is 0 Å². The number of rotatable bonds is 10. The second kappa shape index (κ2) is 26.6. The summed E-state index contributed by atoms with van der Waals surface area (Å²) in [5.41, 5.74) is 14.4. The number of aldehydes is 1. The van der Waals surface area contributed by atoms with Crippen LogP contribution in [0.4, 0.5) is 0 Å². The van der Waals surface area contributed by atoms with Crippen molar-refractivity contribution < 1.29 is 9.53 Å². The van der Waals surface area contributed by atoms with Gasteiger partial charge in [0.2, 0.25) is 0 Å². The Morgan fingerprint density at radius 2 is 0.869 bits per heavy atom. The largest absolute Gasteiger partial charge is 0.365 e. The van der Waals surface area contributed by atoms with Crippen LogP contribution in [-0.2, 0) is 4.74 Å². The van der Waals surface area contributed by atoms with E-state index in [1.807, 2.05) is 18.2 Å². The van der Waals surface area contributed by atoms with Gasteiger partial charge in [-0.1, -0.05) is 232 Å². The molecule has 0 N–H and O–H groups in total. The molecule has 0 radical (unpaired) electrons. The van der Waals surface area contributed by atoms with Crippen LogP contribution in [0.2, 0.25) is 0 Å². The van der Waals surface area contributed by atoms with Crippen molar-refractivity contribution in [1.29, 1.82) is 0 Å². The molecule has 2 heteroatoms. The number of carbonyl (C=O) groups excluding carboxylic acids is 1. The minimum Gasteiger partial charge on any atom is -0.365 e. The molecule has 5 aromatic rings. The highest BCUT2D eigenvalue weighted by atomic mass is 16.5. The molecule has 1 aliphatic rings. The van der Waals surface area contributed by atoms with E-state index in [1.165, 1.54) is 55.7 Å². The van der Waals surface area contributed by atoms with Gasteiger partial charge in [-0.25, -0.2) is 0 Å². The van der Waals surface area contributed by atoms with Crippen LogP contribution >= 0.6 is 0 Å². The van der Waals surface area contributed by atoms with Gasteiger partial charge in [0, 0.05) is 17.4 Å². The highest BCUT2D eigenvalue weighted by molar-refractivity contribution is 5.74. The summed E-state index contributed by atoms with van der Waals surface area (Å²) in [7, 11) is 0. The molecule has 5 unspecified atom stereocenters. The molecular formula is C59H72O2. The molecule has 5 aromatic carbocycles. The van der Waals surface area contributed by atoms with Gasteiger partial charge in [0.05, 0.1) is 12.2 Å². The number of ether oxygens (including phenoxy) is 1. The standard InChI is InChI=1S/C22H26O.2C15H20.C7H6O/c1-15-16(2)21(18(4)19-11-7-5-8-12-19)23-22(17(15)3)20-13-9-6-10-14-20;2*1-5-12(2)13(3)11-14(4)15-9-7-6-8-10-15;8-6-7-4-2-1-3-5-7/h5-14,17-18,21-22H,1-4H3;2*5-11,14H,1-4H3;1-6H/b;2*12-5+,13-11+;/t17-,18?,21?,22?;;;/m0.../s1. The van der Waals surface area contributed by atoms with Crippen molar-refractivity contribution in [3.05, 3.63) is 237 Å². The molecule has 0 bridgehead atoms. The quantitative estimate of drug-likeness (QED) is 0.0798. The third kappa shape index (κ3) is 16.1. The molecule has 2 nitrogen and oxygen atoms in total. The summed E-state index contributed by atoms with van der Waals surface area (Å²) >= 11 is 0. The molecule has 0 saturated heterocycles. The molecule has 6 atom stereocenters. The normalized spacial score (nSPS) is 18.5. The number of hydrogen-bond acceptors (Lipinski definition) is 2. The average molecular weight is 813 g/mol. The molecule has 0 aliphatic carbocycles. The molecule has 0 aromatic heterocycles. The predicted molar refractivity (Wildman–Crippen MR) is 264 cm³/mol. The molecule has 61 heavy (non-hydrogen) atoms. The van der Waals surface area contributed by atoms with Crippen molar-refractivity contribution in [2.45, 2.75) is 113 Å². The fraction of sp³-hybridized carbons (Fsp3) is 0.305. The van der Waals surface area contributed by atoms with E-state index in [2.05, 4.69) is 229 Å². The third-order valence-electron chi connectivity index (χ3n) is 12.1. The lowest BCUT2D eigenvalue weighted by molar-refractivity contribution is -0.0404. The fourth-order valence-electron chi connectivity index (χ4n) is 7.33. The maximum atomic E-state index is 10.0. The summed E-state index contributed by atoms with van der Waals surface area (Å²) in [4.78, 5) is 10.0. The Kier molecular flexibility index (Phi) is 21.7. The van der Waals surface area contributed by atoms with E-state index in [1.54, 1.807) is 12.1 Å². The van der Waals surface area contributed by atoms with Crippen LogP contribution in [0.5, 0.6) is 0 Å². The summed E-state index contributed by atoms with van der Waals surface area (Å²) in [6.07, 6.45) is 10.1. The zero-order valence-corrected chi connectivity index (χ0v) is 39.1. The topological polar surface area (TPSA) is 26.3 Å². The summed E-state index contributed by atoms with van der Waals surface area (Å²) < 4.78 is 6.63. The molecule has 0 amide bonds. The van der Waals surface area contributed by atoms with E-state index in [0.29, 0.717) is 23.7 Å². The predicted octanol–water partition coefficient (Wildman–Crippen LogP) is 16.8. The Morgan fingerprint density at radius 3 is 1.23 bits per heavy atom. The summed E-state index contributed by atoms with van der Waals surface area (Å²) in [6.45, 7) is 26.4. The highest BCUT2D eigenvalue weighted by Crippen LogP contribution is 2.43. The Balaban J connectivity index is 0.000000230. The van der Waals surface area contributed by atoms with Crippen LogP contribution in [0.25, 0.3) is 0 Å². The third-order valence-corrected chi connectivity index (χ3v) is 12.1. The summed E-state index contributed by atoms with van der Waals surface area (Å²) in [6, 6.07) is 51.6. The Labute approximate surface area is 370 Å². The van der Waals surface area contributed by atoms with Crippen LogP contribution in [0.1, 0.15) is 140 Å². The monoisotopic (exact) mass is 813 g/mol.